The van der Waals surface area contributed by atoms with Gasteiger partial charge in [-0.1, -0.05) is 62.4 Å². The molecule has 3 heteroatoms. The highest BCUT2D eigenvalue weighted by atomic mass is 16.2. The van der Waals surface area contributed by atoms with Crippen molar-refractivity contribution in [2.75, 3.05) is 6.54 Å². The standard InChI is InChI=1S/C23H30N2O/c1-17(2)15-16-24-22-20-11-7-8-12-21(20)23(26)25(22)18(3)13-14-19-9-5-4-6-10-19/h4-12,17-18,22,24H,13-16H2,1-3H3/t18-,22+/m1/s1. The van der Waals surface area contributed by atoms with E-state index in [1.54, 1.807) is 0 Å². The molecule has 2 aromatic carbocycles. The number of amides is 1. The van der Waals surface area contributed by atoms with Gasteiger partial charge in [0.25, 0.3) is 5.91 Å². The molecule has 1 amide bonds. The van der Waals surface area contributed by atoms with Crippen LogP contribution in [0, 0.1) is 5.92 Å². The maximum atomic E-state index is 13.0. The Hall–Kier alpha value is -2.13. The number of rotatable bonds is 8. The number of hydrogen-bond donors (Lipinski definition) is 1. The van der Waals surface area contributed by atoms with Crippen molar-refractivity contribution in [1.82, 2.24) is 10.2 Å². The lowest BCUT2D eigenvalue weighted by atomic mass is 10.0. The van der Waals surface area contributed by atoms with Gasteiger partial charge in [0.15, 0.2) is 0 Å². The van der Waals surface area contributed by atoms with Gasteiger partial charge in [-0.05, 0) is 50.3 Å². The minimum Gasteiger partial charge on any atom is -0.316 e. The van der Waals surface area contributed by atoms with E-state index in [1.165, 1.54) is 5.56 Å². The number of hydrogen-bond acceptors (Lipinski definition) is 2. The highest BCUT2D eigenvalue weighted by molar-refractivity contribution is 5.99. The number of fused-ring (bicyclic) bond motifs is 1. The van der Waals surface area contributed by atoms with Crippen molar-refractivity contribution < 1.29 is 4.79 Å². The van der Waals surface area contributed by atoms with E-state index in [4.69, 9.17) is 0 Å². The molecular weight excluding hydrogens is 320 g/mol. The number of benzene rings is 2. The van der Waals surface area contributed by atoms with Crippen LogP contribution in [0.15, 0.2) is 54.6 Å². The number of aryl methyl sites for hydroxylation is 1. The third kappa shape index (κ3) is 4.16. The second kappa shape index (κ2) is 8.50. The maximum absolute atomic E-state index is 13.0. The van der Waals surface area contributed by atoms with Gasteiger partial charge >= 0.3 is 0 Å². The van der Waals surface area contributed by atoms with E-state index in [1.807, 2.05) is 29.2 Å². The fourth-order valence-corrected chi connectivity index (χ4v) is 3.67. The summed E-state index contributed by atoms with van der Waals surface area (Å²) in [4.78, 5) is 15.1. The van der Waals surface area contributed by atoms with Gasteiger partial charge in [-0.25, -0.2) is 0 Å². The van der Waals surface area contributed by atoms with Crippen molar-refractivity contribution in [2.24, 2.45) is 5.92 Å². The highest BCUT2D eigenvalue weighted by Crippen LogP contribution is 2.34. The molecule has 0 saturated carbocycles. The van der Waals surface area contributed by atoms with Crippen molar-refractivity contribution in [3.63, 3.8) is 0 Å². The Labute approximate surface area is 157 Å². The van der Waals surface area contributed by atoms with Crippen molar-refractivity contribution in [3.8, 4) is 0 Å². The fourth-order valence-electron chi connectivity index (χ4n) is 3.67. The molecule has 0 spiro atoms. The predicted octanol–water partition coefficient (Wildman–Crippen LogP) is 4.80. The maximum Gasteiger partial charge on any atom is 0.256 e. The summed E-state index contributed by atoms with van der Waals surface area (Å²) in [5.41, 5.74) is 3.29. The van der Waals surface area contributed by atoms with Gasteiger partial charge in [-0.3, -0.25) is 10.1 Å². The Kier molecular flexibility index (Phi) is 6.10. The van der Waals surface area contributed by atoms with E-state index in [0.717, 1.165) is 36.9 Å². The molecule has 0 radical (unpaired) electrons. The molecule has 0 fully saturated rings. The smallest absolute Gasteiger partial charge is 0.256 e. The summed E-state index contributed by atoms with van der Waals surface area (Å²) in [5, 5.41) is 3.63. The number of carbonyl (C=O) groups is 1. The van der Waals surface area contributed by atoms with Crippen molar-refractivity contribution >= 4 is 5.91 Å². The largest absolute Gasteiger partial charge is 0.316 e. The Morgan fingerprint density at radius 2 is 1.65 bits per heavy atom. The molecule has 0 saturated heterocycles. The molecule has 3 nitrogen and oxygen atoms in total. The predicted molar refractivity (Wildman–Crippen MR) is 107 cm³/mol. The second-order valence-corrected chi connectivity index (χ2v) is 7.71. The molecular formula is C23H30N2O. The average Bonchev–Trinajstić information content (AvgIpc) is 2.93. The monoisotopic (exact) mass is 350 g/mol. The van der Waals surface area contributed by atoms with Gasteiger partial charge in [0, 0.05) is 17.2 Å². The first-order valence-corrected chi connectivity index (χ1v) is 9.77. The van der Waals surface area contributed by atoms with Gasteiger partial charge in [-0.2, -0.15) is 0 Å². The second-order valence-electron chi connectivity index (χ2n) is 7.71. The third-order valence-corrected chi connectivity index (χ3v) is 5.23. The zero-order valence-corrected chi connectivity index (χ0v) is 16.1. The van der Waals surface area contributed by atoms with Crippen LogP contribution in [-0.2, 0) is 6.42 Å². The van der Waals surface area contributed by atoms with Gasteiger partial charge in [0.1, 0.15) is 6.17 Å². The van der Waals surface area contributed by atoms with E-state index >= 15 is 0 Å². The lowest BCUT2D eigenvalue weighted by molar-refractivity contribution is 0.0592. The van der Waals surface area contributed by atoms with Crippen LogP contribution in [0.4, 0.5) is 0 Å². The molecule has 26 heavy (non-hydrogen) atoms. The SMILES string of the molecule is CC(C)CCN[C@@H]1c2ccccc2C(=O)N1[C@H](C)CCc1ccccc1. The highest BCUT2D eigenvalue weighted by Gasteiger charge is 2.38. The summed E-state index contributed by atoms with van der Waals surface area (Å²) in [5.74, 6) is 0.807. The molecule has 1 aliphatic rings. The summed E-state index contributed by atoms with van der Waals surface area (Å²) >= 11 is 0. The van der Waals surface area contributed by atoms with Crippen LogP contribution >= 0.6 is 0 Å². The molecule has 0 unspecified atom stereocenters. The summed E-state index contributed by atoms with van der Waals surface area (Å²) in [6, 6.07) is 18.7. The lowest BCUT2D eigenvalue weighted by Crippen LogP contribution is -2.43. The number of carbonyl (C=O) groups excluding carboxylic acids is 1. The number of nitrogens with zero attached hydrogens (tertiary/aromatic N) is 1. The molecule has 2 atom stereocenters. The summed E-state index contributed by atoms with van der Waals surface area (Å²) in [6.07, 6.45) is 3.05. The first kappa shape index (κ1) is 18.7. The Balaban J connectivity index is 1.73. The van der Waals surface area contributed by atoms with E-state index in [9.17, 15) is 4.79 Å². The van der Waals surface area contributed by atoms with Crippen LogP contribution in [0.2, 0.25) is 0 Å². The topological polar surface area (TPSA) is 32.3 Å². The molecule has 2 aromatic rings. The Bertz CT molecular complexity index is 726. The van der Waals surface area contributed by atoms with E-state index in [-0.39, 0.29) is 18.1 Å². The average molecular weight is 351 g/mol. The quantitative estimate of drug-likeness (QED) is 0.742. The van der Waals surface area contributed by atoms with Crippen LogP contribution in [0.25, 0.3) is 0 Å². The van der Waals surface area contributed by atoms with Crippen LogP contribution in [0.5, 0.6) is 0 Å². The van der Waals surface area contributed by atoms with E-state index < -0.39 is 0 Å². The van der Waals surface area contributed by atoms with Crippen LogP contribution in [0.3, 0.4) is 0 Å². The minimum atomic E-state index is -0.0109. The molecule has 1 N–H and O–H groups in total. The van der Waals surface area contributed by atoms with Crippen LogP contribution in [0.1, 0.15) is 61.3 Å². The molecule has 1 heterocycles. The molecule has 1 aliphatic heterocycles. The molecule has 0 aliphatic carbocycles. The summed E-state index contributed by atoms with van der Waals surface area (Å²) < 4.78 is 0. The Morgan fingerprint density at radius 1 is 0.962 bits per heavy atom. The molecule has 3 rings (SSSR count). The van der Waals surface area contributed by atoms with Gasteiger partial charge in [0.2, 0.25) is 0 Å². The Morgan fingerprint density at radius 3 is 2.38 bits per heavy atom. The van der Waals surface area contributed by atoms with Gasteiger partial charge < -0.3 is 4.90 Å². The zero-order chi connectivity index (χ0) is 18.5. The van der Waals surface area contributed by atoms with Crippen molar-refractivity contribution in [3.05, 3.63) is 71.3 Å². The van der Waals surface area contributed by atoms with E-state index in [2.05, 4.69) is 56.4 Å². The molecule has 0 bridgehead atoms. The van der Waals surface area contributed by atoms with Gasteiger partial charge in [0.05, 0.1) is 0 Å². The van der Waals surface area contributed by atoms with E-state index in [0.29, 0.717) is 5.92 Å². The minimum absolute atomic E-state index is 0.0109. The lowest BCUT2D eigenvalue weighted by Gasteiger charge is -2.32. The van der Waals surface area contributed by atoms with Crippen LogP contribution in [-0.4, -0.2) is 23.4 Å². The normalized spacial score (nSPS) is 17.6. The zero-order valence-electron chi connectivity index (χ0n) is 16.1. The van der Waals surface area contributed by atoms with Crippen molar-refractivity contribution in [1.29, 1.82) is 0 Å². The molecule has 0 aromatic heterocycles. The number of nitrogens with one attached hydrogen (secondary N) is 1. The first-order valence-electron chi connectivity index (χ1n) is 9.77. The van der Waals surface area contributed by atoms with Crippen LogP contribution < -0.4 is 5.32 Å². The fraction of sp³-hybridized carbons (Fsp3) is 0.435. The molecule has 138 valence electrons. The first-order chi connectivity index (χ1) is 12.6. The summed E-state index contributed by atoms with van der Waals surface area (Å²) in [6.45, 7) is 7.56. The van der Waals surface area contributed by atoms with Crippen molar-refractivity contribution in [2.45, 2.75) is 52.2 Å². The van der Waals surface area contributed by atoms with Gasteiger partial charge in [-0.15, -0.1) is 0 Å². The summed E-state index contributed by atoms with van der Waals surface area (Å²) in [7, 11) is 0. The third-order valence-electron chi connectivity index (χ3n) is 5.23.